The highest BCUT2D eigenvalue weighted by Gasteiger charge is 2.46. The Morgan fingerprint density at radius 1 is 1.04 bits per heavy atom. The van der Waals surface area contributed by atoms with Crippen molar-refractivity contribution >= 4 is 29.7 Å². The first-order valence-electron chi connectivity index (χ1n) is 9.39. The molecule has 28 heavy (non-hydrogen) atoms. The van der Waals surface area contributed by atoms with Gasteiger partial charge < -0.3 is 25.0 Å². The summed E-state index contributed by atoms with van der Waals surface area (Å²) in [6, 6.07) is 15.5. The number of nitrogens with one attached hydrogen (secondary N) is 2. The van der Waals surface area contributed by atoms with E-state index in [2.05, 4.69) is 10.6 Å². The maximum absolute atomic E-state index is 13.4. The van der Waals surface area contributed by atoms with Crippen LogP contribution < -0.4 is 25.0 Å². The average molecular weight is 404 g/mol. The highest BCUT2D eigenvalue weighted by Crippen LogP contribution is 2.38. The summed E-state index contributed by atoms with van der Waals surface area (Å²) >= 11 is 0. The van der Waals surface area contributed by atoms with E-state index >= 15 is 0 Å². The predicted octanol–water partition coefficient (Wildman–Crippen LogP) is 3.08. The van der Waals surface area contributed by atoms with E-state index in [4.69, 9.17) is 9.47 Å². The van der Waals surface area contributed by atoms with Crippen LogP contribution in [0.15, 0.2) is 48.5 Å². The van der Waals surface area contributed by atoms with E-state index in [0.29, 0.717) is 24.7 Å². The van der Waals surface area contributed by atoms with Crippen LogP contribution in [0.5, 0.6) is 11.5 Å². The number of nitrogens with zero attached hydrogens (tertiary/aromatic N) is 1. The Bertz CT molecular complexity index is 824. The molecule has 2 aliphatic heterocycles. The van der Waals surface area contributed by atoms with Crippen molar-refractivity contribution in [3.05, 3.63) is 48.5 Å². The third-order valence-corrected chi connectivity index (χ3v) is 5.32. The van der Waals surface area contributed by atoms with Gasteiger partial charge in [-0.1, -0.05) is 24.3 Å². The van der Waals surface area contributed by atoms with Crippen LogP contribution in [-0.4, -0.2) is 44.8 Å². The van der Waals surface area contributed by atoms with Crippen LogP contribution in [0, 0.1) is 0 Å². The summed E-state index contributed by atoms with van der Waals surface area (Å²) in [5.41, 5.74) is 1.40. The minimum absolute atomic E-state index is 0. The van der Waals surface area contributed by atoms with E-state index in [1.165, 1.54) is 0 Å². The molecule has 6 nitrogen and oxygen atoms in total. The van der Waals surface area contributed by atoms with Crippen LogP contribution in [0.3, 0.4) is 0 Å². The summed E-state index contributed by atoms with van der Waals surface area (Å²) in [4.78, 5) is 15.3. The van der Waals surface area contributed by atoms with Gasteiger partial charge in [-0.05, 0) is 50.2 Å². The van der Waals surface area contributed by atoms with Crippen LogP contribution in [0.1, 0.15) is 12.8 Å². The molecule has 150 valence electrons. The highest BCUT2D eigenvalue weighted by molar-refractivity contribution is 6.08. The van der Waals surface area contributed by atoms with Crippen LogP contribution >= 0.6 is 12.4 Å². The normalized spacial score (nSPS) is 17.3. The molecule has 1 saturated heterocycles. The summed E-state index contributed by atoms with van der Waals surface area (Å²) in [6.45, 7) is 2.57. The van der Waals surface area contributed by atoms with Gasteiger partial charge in [0.25, 0.3) is 5.91 Å². The molecule has 0 saturated carbocycles. The topological polar surface area (TPSA) is 62.8 Å². The number of ether oxygens (including phenoxy) is 2. The van der Waals surface area contributed by atoms with Gasteiger partial charge in [0.05, 0.1) is 25.0 Å². The summed E-state index contributed by atoms with van der Waals surface area (Å²) in [7, 11) is 1.62. The molecule has 0 aromatic heterocycles. The van der Waals surface area contributed by atoms with Gasteiger partial charge in [-0.15, -0.1) is 12.4 Å². The second kappa shape index (κ2) is 8.71. The molecular weight excluding hydrogens is 378 g/mol. The van der Waals surface area contributed by atoms with Crippen molar-refractivity contribution < 1.29 is 14.3 Å². The number of para-hydroxylation sites is 4. The lowest BCUT2D eigenvalue weighted by Gasteiger charge is -2.45. The molecular formula is C21H26ClN3O3. The van der Waals surface area contributed by atoms with Crippen molar-refractivity contribution in [3.8, 4) is 11.5 Å². The van der Waals surface area contributed by atoms with Gasteiger partial charge in [-0.2, -0.15) is 0 Å². The Labute approximate surface area is 171 Å². The lowest BCUT2D eigenvalue weighted by Crippen LogP contribution is -2.61. The zero-order chi connectivity index (χ0) is 18.7. The predicted molar refractivity (Wildman–Crippen MR) is 113 cm³/mol. The molecule has 2 aliphatic rings. The number of rotatable bonds is 5. The van der Waals surface area contributed by atoms with Crippen LogP contribution in [0.4, 0.5) is 11.4 Å². The summed E-state index contributed by atoms with van der Waals surface area (Å²) < 4.78 is 11.3. The van der Waals surface area contributed by atoms with Crippen molar-refractivity contribution in [1.29, 1.82) is 0 Å². The molecule has 2 aromatic carbocycles. The molecule has 7 heteroatoms. The van der Waals surface area contributed by atoms with E-state index in [-0.39, 0.29) is 18.3 Å². The lowest BCUT2D eigenvalue weighted by atomic mass is 9.84. The number of piperidine rings is 1. The number of carbonyl (C=O) groups excluding carboxylic acids is 1. The number of hydrogen-bond donors (Lipinski definition) is 2. The molecule has 0 bridgehead atoms. The number of fused-ring (bicyclic) bond motifs is 1. The fraction of sp³-hybridized carbons (Fsp3) is 0.381. The molecule has 2 aromatic rings. The van der Waals surface area contributed by atoms with Crippen molar-refractivity contribution in [1.82, 2.24) is 5.32 Å². The summed E-state index contributed by atoms with van der Waals surface area (Å²) in [5.74, 6) is 1.51. The molecule has 0 atom stereocenters. The first-order chi connectivity index (χ1) is 13.2. The molecule has 1 amide bonds. The van der Waals surface area contributed by atoms with E-state index in [9.17, 15) is 4.79 Å². The summed E-state index contributed by atoms with van der Waals surface area (Å²) in [6.07, 6.45) is 1.56. The van der Waals surface area contributed by atoms with E-state index in [1.807, 2.05) is 53.4 Å². The SMILES string of the molecule is COc1ccccc1OCCN1C(=O)C2(CCNCC2)Nc2ccccc21.Cl. The Hall–Kier alpha value is -2.44. The third kappa shape index (κ3) is 3.75. The Kier molecular flexibility index (Phi) is 6.31. The Morgan fingerprint density at radius 3 is 2.46 bits per heavy atom. The molecule has 0 unspecified atom stereocenters. The van der Waals surface area contributed by atoms with Gasteiger partial charge >= 0.3 is 0 Å². The smallest absolute Gasteiger partial charge is 0.252 e. The molecule has 1 spiro atoms. The molecule has 2 heterocycles. The van der Waals surface area contributed by atoms with Gasteiger partial charge in [0.2, 0.25) is 0 Å². The maximum atomic E-state index is 13.4. The van der Waals surface area contributed by atoms with Crippen LogP contribution in [0.25, 0.3) is 0 Å². The van der Waals surface area contributed by atoms with Crippen molar-refractivity contribution in [2.75, 3.05) is 43.6 Å². The fourth-order valence-corrected chi connectivity index (χ4v) is 3.89. The van der Waals surface area contributed by atoms with E-state index in [0.717, 1.165) is 37.3 Å². The highest BCUT2D eigenvalue weighted by atomic mass is 35.5. The average Bonchev–Trinajstić information content (AvgIpc) is 2.72. The summed E-state index contributed by atoms with van der Waals surface area (Å²) in [5, 5.41) is 6.87. The molecule has 4 rings (SSSR count). The first-order valence-corrected chi connectivity index (χ1v) is 9.39. The van der Waals surface area contributed by atoms with E-state index in [1.54, 1.807) is 7.11 Å². The largest absolute Gasteiger partial charge is 0.493 e. The lowest BCUT2D eigenvalue weighted by molar-refractivity contribution is -0.124. The Morgan fingerprint density at radius 2 is 1.71 bits per heavy atom. The number of hydrogen-bond acceptors (Lipinski definition) is 5. The zero-order valence-electron chi connectivity index (χ0n) is 15.9. The van der Waals surface area contributed by atoms with Gasteiger partial charge in [0.15, 0.2) is 11.5 Å². The number of halogens is 1. The van der Waals surface area contributed by atoms with Crippen molar-refractivity contribution in [3.63, 3.8) is 0 Å². The zero-order valence-corrected chi connectivity index (χ0v) is 16.8. The molecule has 1 fully saturated rings. The fourth-order valence-electron chi connectivity index (χ4n) is 3.89. The second-order valence-corrected chi connectivity index (χ2v) is 6.93. The quantitative estimate of drug-likeness (QED) is 0.803. The Balaban J connectivity index is 0.00000225. The van der Waals surface area contributed by atoms with Gasteiger partial charge in [0.1, 0.15) is 12.1 Å². The van der Waals surface area contributed by atoms with Crippen molar-refractivity contribution in [2.45, 2.75) is 18.4 Å². The monoisotopic (exact) mass is 403 g/mol. The number of carbonyl (C=O) groups is 1. The number of benzene rings is 2. The standard InChI is InChI=1S/C21H25N3O3.ClH/c1-26-18-8-4-5-9-19(18)27-15-14-24-17-7-3-2-6-16(17)23-21(20(24)25)10-12-22-13-11-21;/h2-9,22-23H,10-15H2,1H3;1H. The maximum Gasteiger partial charge on any atom is 0.252 e. The number of amides is 1. The van der Waals surface area contributed by atoms with Gasteiger partial charge in [-0.25, -0.2) is 0 Å². The van der Waals surface area contributed by atoms with Crippen molar-refractivity contribution in [2.24, 2.45) is 0 Å². The number of methoxy groups -OCH3 is 1. The first kappa shape index (κ1) is 20.3. The molecule has 0 radical (unpaired) electrons. The molecule has 2 N–H and O–H groups in total. The van der Waals surface area contributed by atoms with Gasteiger partial charge in [-0.3, -0.25) is 4.79 Å². The minimum atomic E-state index is -0.524. The second-order valence-electron chi connectivity index (χ2n) is 6.93. The van der Waals surface area contributed by atoms with E-state index < -0.39 is 5.54 Å². The van der Waals surface area contributed by atoms with Crippen LogP contribution in [-0.2, 0) is 4.79 Å². The van der Waals surface area contributed by atoms with Crippen LogP contribution in [0.2, 0.25) is 0 Å². The molecule has 0 aliphatic carbocycles. The minimum Gasteiger partial charge on any atom is -0.493 e. The number of anilines is 2. The third-order valence-electron chi connectivity index (χ3n) is 5.32. The van der Waals surface area contributed by atoms with Gasteiger partial charge in [0, 0.05) is 0 Å².